The zero-order valence-electron chi connectivity index (χ0n) is 9.87. The summed E-state index contributed by atoms with van der Waals surface area (Å²) >= 11 is 3.42. The molecule has 0 aliphatic heterocycles. The second-order valence-corrected chi connectivity index (χ2v) is 4.89. The maximum Gasteiger partial charge on any atom is 0.255 e. The fourth-order valence-corrected chi connectivity index (χ4v) is 1.43. The summed E-state index contributed by atoms with van der Waals surface area (Å²) < 4.78 is 5.01. The lowest BCUT2D eigenvalue weighted by Crippen LogP contribution is -2.29. The molecule has 1 atom stereocenters. The SMILES string of the molecule is CCC(Br)CNC(=O)c1cc(OC)ccc1O. The topological polar surface area (TPSA) is 58.6 Å². The van der Waals surface area contributed by atoms with Crippen molar-refractivity contribution in [3.05, 3.63) is 23.8 Å². The van der Waals surface area contributed by atoms with E-state index in [0.717, 1.165) is 6.42 Å². The fraction of sp³-hybridized carbons (Fsp3) is 0.417. The number of halogens is 1. The Morgan fingerprint density at radius 2 is 2.29 bits per heavy atom. The van der Waals surface area contributed by atoms with E-state index in [-0.39, 0.29) is 22.0 Å². The first-order valence-corrected chi connectivity index (χ1v) is 6.29. The van der Waals surface area contributed by atoms with Crippen molar-refractivity contribution in [1.82, 2.24) is 5.32 Å². The van der Waals surface area contributed by atoms with Crippen LogP contribution in [0.15, 0.2) is 18.2 Å². The zero-order valence-corrected chi connectivity index (χ0v) is 11.5. The Labute approximate surface area is 109 Å². The Hall–Kier alpha value is -1.23. The molecule has 0 saturated heterocycles. The van der Waals surface area contributed by atoms with Gasteiger partial charge in [0.25, 0.3) is 5.91 Å². The van der Waals surface area contributed by atoms with Crippen molar-refractivity contribution in [2.24, 2.45) is 0 Å². The molecule has 0 saturated carbocycles. The van der Waals surface area contributed by atoms with Crippen LogP contribution in [0, 0.1) is 0 Å². The highest BCUT2D eigenvalue weighted by atomic mass is 79.9. The number of amides is 1. The molecule has 4 nitrogen and oxygen atoms in total. The molecule has 0 fully saturated rings. The summed E-state index contributed by atoms with van der Waals surface area (Å²) in [7, 11) is 1.51. The summed E-state index contributed by atoms with van der Waals surface area (Å²) in [5.74, 6) is 0.184. The third kappa shape index (κ3) is 3.93. The normalized spacial score (nSPS) is 11.9. The van der Waals surface area contributed by atoms with Crippen LogP contribution in [0.1, 0.15) is 23.7 Å². The predicted octanol–water partition coefficient (Wildman–Crippen LogP) is 2.30. The maximum atomic E-state index is 11.8. The standard InChI is InChI=1S/C12H16BrNO3/c1-3-8(13)7-14-12(16)10-6-9(17-2)4-5-11(10)15/h4-6,8,15H,3,7H2,1-2H3,(H,14,16). The number of methoxy groups -OCH3 is 1. The number of ether oxygens (including phenoxy) is 1. The van der Waals surface area contributed by atoms with E-state index in [1.165, 1.54) is 19.2 Å². The number of aromatic hydroxyl groups is 1. The van der Waals surface area contributed by atoms with Gasteiger partial charge in [-0.2, -0.15) is 0 Å². The lowest BCUT2D eigenvalue weighted by atomic mass is 10.1. The number of carbonyl (C=O) groups is 1. The molecule has 1 aromatic rings. The van der Waals surface area contributed by atoms with Gasteiger partial charge in [0.1, 0.15) is 11.5 Å². The first kappa shape index (κ1) is 13.8. The van der Waals surface area contributed by atoms with Crippen molar-refractivity contribution in [1.29, 1.82) is 0 Å². The van der Waals surface area contributed by atoms with Crippen LogP contribution in [0.4, 0.5) is 0 Å². The first-order valence-electron chi connectivity index (χ1n) is 5.37. The average molecular weight is 302 g/mol. The van der Waals surface area contributed by atoms with E-state index in [2.05, 4.69) is 21.2 Å². The third-order valence-electron chi connectivity index (χ3n) is 2.38. The lowest BCUT2D eigenvalue weighted by Gasteiger charge is -2.10. The highest BCUT2D eigenvalue weighted by molar-refractivity contribution is 9.09. The van der Waals surface area contributed by atoms with Gasteiger partial charge in [0, 0.05) is 11.4 Å². The van der Waals surface area contributed by atoms with Crippen molar-refractivity contribution in [3.8, 4) is 11.5 Å². The Morgan fingerprint density at radius 1 is 1.59 bits per heavy atom. The molecule has 1 aromatic carbocycles. The molecule has 0 heterocycles. The van der Waals surface area contributed by atoms with Gasteiger partial charge >= 0.3 is 0 Å². The number of hydrogen-bond donors (Lipinski definition) is 2. The number of benzene rings is 1. The number of nitrogens with one attached hydrogen (secondary N) is 1. The minimum Gasteiger partial charge on any atom is -0.507 e. The molecule has 94 valence electrons. The van der Waals surface area contributed by atoms with E-state index in [1.807, 2.05) is 6.92 Å². The van der Waals surface area contributed by atoms with Crippen LogP contribution >= 0.6 is 15.9 Å². The van der Waals surface area contributed by atoms with E-state index >= 15 is 0 Å². The van der Waals surface area contributed by atoms with Crippen molar-refractivity contribution in [3.63, 3.8) is 0 Å². The summed E-state index contributed by atoms with van der Waals surface area (Å²) in [6, 6.07) is 4.56. The molecule has 0 radical (unpaired) electrons. The molecule has 0 spiro atoms. The van der Waals surface area contributed by atoms with Crippen LogP contribution in [-0.2, 0) is 0 Å². The third-order valence-corrected chi connectivity index (χ3v) is 3.35. The van der Waals surface area contributed by atoms with E-state index in [4.69, 9.17) is 4.74 Å². The second kappa shape index (κ2) is 6.49. The molecule has 1 rings (SSSR count). The van der Waals surface area contributed by atoms with Gasteiger partial charge in [-0.05, 0) is 24.6 Å². The van der Waals surface area contributed by atoms with Crippen molar-refractivity contribution in [2.45, 2.75) is 18.2 Å². The Balaban J connectivity index is 2.74. The number of hydrogen-bond acceptors (Lipinski definition) is 3. The van der Waals surface area contributed by atoms with Gasteiger partial charge in [-0.25, -0.2) is 0 Å². The molecule has 1 amide bonds. The quantitative estimate of drug-likeness (QED) is 0.821. The summed E-state index contributed by atoms with van der Waals surface area (Å²) in [4.78, 5) is 12.0. The number of carbonyl (C=O) groups excluding carboxylic acids is 1. The van der Waals surface area contributed by atoms with Crippen LogP contribution in [-0.4, -0.2) is 29.5 Å². The molecule has 0 aliphatic carbocycles. The van der Waals surface area contributed by atoms with E-state index < -0.39 is 0 Å². The predicted molar refractivity (Wildman–Crippen MR) is 70.0 cm³/mol. The van der Waals surface area contributed by atoms with E-state index in [0.29, 0.717) is 12.3 Å². The minimum atomic E-state index is -0.306. The first-order chi connectivity index (χ1) is 8.08. The second-order valence-electron chi connectivity index (χ2n) is 3.60. The highest BCUT2D eigenvalue weighted by Crippen LogP contribution is 2.22. The van der Waals surface area contributed by atoms with Gasteiger partial charge in [0.15, 0.2) is 0 Å². The van der Waals surface area contributed by atoms with Gasteiger partial charge in [0.05, 0.1) is 12.7 Å². The van der Waals surface area contributed by atoms with Gasteiger partial charge in [-0.15, -0.1) is 0 Å². The van der Waals surface area contributed by atoms with Crippen LogP contribution < -0.4 is 10.1 Å². The Morgan fingerprint density at radius 3 is 2.88 bits per heavy atom. The largest absolute Gasteiger partial charge is 0.507 e. The molecular formula is C12H16BrNO3. The highest BCUT2D eigenvalue weighted by Gasteiger charge is 2.13. The maximum absolute atomic E-state index is 11.8. The zero-order chi connectivity index (χ0) is 12.8. The van der Waals surface area contributed by atoms with E-state index in [9.17, 15) is 9.90 Å². The van der Waals surface area contributed by atoms with Gasteiger partial charge < -0.3 is 15.2 Å². The Bertz CT molecular complexity index is 395. The molecule has 2 N–H and O–H groups in total. The molecular weight excluding hydrogens is 286 g/mol. The summed E-state index contributed by atoms with van der Waals surface area (Å²) in [5.41, 5.74) is 0.222. The van der Waals surface area contributed by atoms with Crippen LogP contribution in [0.5, 0.6) is 11.5 Å². The summed E-state index contributed by atoms with van der Waals surface area (Å²) in [6.45, 7) is 2.54. The average Bonchev–Trinajstić information content (AvgIpc) is 2.36. The fourth-order valence-electron chi connectivity index (χ4n) is 1.27. The van der Waals surface area contributed by atoms with Crippen LogP contribution in [0.3, 0.4) is 0 Å². The van der Waals surface area contributed by atoms with Crippen LogP contribution in [0.2, 0.25) is 0 Å². The number of phenolic OH excluding ortho intramolecular Hbond substituents is 1. The molecule has 17 heavy (non-hydrogen) atoms. The Kier molecular flexibility index (Phi) is 5.28. The van der Waals surface area contributed by atoms with Gasteiger partial charge in [-0.1, -0.05) is 22.9 Å². The van der Waals surface area contributed by atoms with Crippen molar-refractivity contribution < 1.29 is 14.6 Å². The lowest BCUT2D eigenvalue weighted by molar-refractivity contribution is 0.0951. The molecule has 5 heteroatoms. The van der Waals surface area contributed by atoms with Crippen molar-refractivity contribution >= 4 is 21.8 Å². The van der Waals surface area contributed by atoms with Crippen LogP contribution in [0.25, 0.3) is 0 Å². The number of phenols is 1. The van der Waals surface area contributed by atoms with E-state index in [1.54, 1.807) is 6.07 Å². The van der Waals surface area contributed by atoms with Gasteiger partial charge in [-0.3, -0.25) is 4.79 Å². The number of alkyl halides is 1. The molecule has 0 bridgehead atoms. The molecule has 1 unspecified atom stereocenters. The summed E-state index contributed by atoms with van der Waals surface area (Å²) in [5, 5.41) is 12.3. The molecule has 0 aliphatic rings. The smallest absolute Gasteiger partial charge is 0.255 e. The minimum absolute atomic E-state index is 0.0501. The van der Waals surface area contributed by atoms with Gasteiger partial charge in [0.2, 0.25) is 0 Å². The summed E-state index contributed by atoms with van der Waals surface area (Å²) in [6.07, 6.45) is 0.921. The number of rotatable bonds is 5. The molecule has 0 aromatic heterocycles. The monoisotopic (exact) mass is 301 g/mol. The van der Waals surface area contributed by atoms with Crippen molar-refractivity contribution in [2.75, 3.05) is 13.7 Å².